The Kier molecular flexibility index (Phi) is 3.08. The van der Waals surface area contributed by atoms with Crippen molar-refractivity contribution in [2.75, 3.05) is 5.32 Å². The van der Waals surface area contributed by atoms with Crippen molar-refractivity contribution in [1.29, 1.82) is 0 Å². The molecule has 2 aromatic carbocycles. The van der Waals surface area contributed by atoms with Crippen molar-refractivity contribution in [3.8, 4) is 5.69 Å². The minimum Gasteiger partial charge on any atom is -0.358 e. The number of halogens is 1. The fourth-order valence-electron chi connectivity index (χ4n) is 3.12. The summed E-state index contributed by atoms with van der Waals surface area (Å²) >= 11 is 0. The number of H-pyrrole nitrogens is 1. The van der Waals surface area contributed by atoms with Gasteiger partial charge in [0.15, 0.2) is 11.5 Å². The first-order chi connectivity index (χ1) is 16.6. The molecule has 30 heavy (non-hydrogen) atoms. The zero-order valence-corrected chi connectivity index (χ0v) is 15.2. The highest BCUT2D eigenvalue weighted by Crippen LogP contribution is 2.23. The molecule has 0 unspecified atom stereocenters. The Morgan fingerprint density at radius 3 is 2.93 bits per heavy atom. The van der Waals surface area contributed by atoms with Gasteiger partial charge in [-0.1, -0.05) is 18.2 Å². The minimum absolute atomic E-state index is 0.0160. The van der Waals surface area contributed by atoms with Gasteiger partial charge in [-0.25, -0.2) is 24.3 Å². The van der Waals surface area contributed by atoms with Crippen LogP contribution in [0.25, 0.3) is 27.8 Å². The van der Waals surface area contributed by atoms with Crippen LogP contribution in [0.4, 0.5) is 10.2 Å². The van der Waals surface area contributed by atoms with Crippen LogP contribution in [0.15, 0.2) is 66.0 Å². The minimum atomic E-state index is -3.09. The van der Waals surface area contributed by atoms with E-state index in [1.807, 2.05) is 0 Å². The third-order valence-electron chi connectivity index (χ3n) is 4.48. The molecule has 8 nitrogen and oxygen atoms in total. The maximum absolute atomic E-state index is 14.0. The second-order valence-corrected chi connectivity index (χ2v) is 6.34. The van der Waals surface area contributed by atoms with Crippen LogP contribution in [-0.4, -0.2) is 29.5 Å². The zero-order valence-electron chi connectivity index (χ0n) is 20.2. The zero-order chi connectivity index (χ0) is 25.0. The lowest BCUT2D eigenvalue weighted by Gasteiger charge is -2.20. The molecular weight excluding hydrogens is 385 g/mol. The van der Waals surface area contributed by atoms with Crippen molar-refractivity contribution in [2.24, 2.45) is 0 Å². The number of hydrogen-bond donors (Lipinski definition) is 2. The fraction of sp³-hybridized carbons (Fsp3) is 0.0952. The Morgan fingerprint density at radius 2 is 2.10 bits per heavy atom. The van der Waals surface area contributed by atoms with Gasteiger partial charge in [-0.15, -0.1) is 0 Å². The number of hydrogen-bond acceptors (Lipinski definition) is 6. The fourth-order valence-corrected chi connectivity index (χ4v) is 3.12. The maximum atomic E-state index is 14.0. The van der Waals surface area contributed by atoms with E-state index < -0.39 is 30.1 Å². The molecule has 5 aromatic rings. The van der Waals surface area contributed by atoms with Crippen molar-refractivity contribution in [3.05, 3.63) is 83.2 Å². The van der Waals surface area contributed by atoms with Gasteiger partial charge in [-0.05, 0) is 37.2 Å². The third kappa shape index (κ3) is 2.96. The molecule has 0 aliphatic rings. The van der Waals surface area contributed by atoms with Gasteiger partial charge in [0.05, 0.1) is 30.3 Å². The Balaban J connectivity index is 1.84. The molecule has 3 heterocycles. The molecule has 148 valence electrons. The number of fused-ring (bicyclic) bond motifs is 2. The number of aromatic amines is 1. The van der Waals surface area contributed by atoms with Crippen LogP contribution in [0.2, 0.25) is 0 Å². The summed E-state index contributed by atoms with van der Waals surface area (Å²) in [5.41, 5.74) is -0.311. The van der Waals surface area contributed by atoms with E-state index in [1.54, 1.807) is 30.3 Å². The molecule has 0 bridgehead atoms. The highest BCUT2D eigenvalue weighted by Gasteiger charge is 2.20. The molecule has 2 N–H and O–H groups in total. The van der Waals surface area contributed by atoms with E-state index >= 15 is 0 Å². The highest BCUT2D eigenvalue weighted by atomic mass is 19.1. The van der Waals surface area contributed by atoms with Crippen LogP contribution in [-0.2, 0) is 0 Å². The molecule has 0 aliphatic heterocycles. The number of anilines is 1. The van der Waals surface area contributed by atoms with Gasteiger partial charge in [0.2, 0.25) is 0 Å². The molecule has 5 rings (SSSR count). The quantitative estimate of drug-likeness (QED) is 0.475. The van der Waals surface area contributed by atoms with Crippen molar-refractivity contribution >= 4 is 27.9 Å². The summed E-state index contributed by atoms with van der Waals surface area (Å²) in [5.74, 6) is -1.28. The molecule has 9 heteroatoms. The lowest BCUT2D eigenvalue weighted by molar-refractivity contribution is 0.629. The lowest BCUT2D eigenvalue weighted by atomic mass is 10.2. The summed E-state index contributed by atoms with van der Waals surface area (Å²) in [6.07, 6.45) is 0.878. The van der Waals surface area contributed by atoms with Crippen LogP contribution < -0.4 is 10.9 Å². The molecule has 0 saturated carbocycles. The van der Waals surface area contributed by atoms with Crippen molar-refractivity contribution in [3.63, 3.8) is 0 Å². The average molecular weight is 406 g/mol. The third-order valence-corrected chi connectivity index (χ3v) is 4.48. The number of nitrogens with one attached hydrogen (secondary N) is 2. The number of nitrogens with zero attached hydrogens (tertiary/aromatic N) is 5. The first-order valence-corrected chi connectivity index (χ1v) is 8.82. The second-order valence-electron chi connectivity index (χ2n) is 6.34. The van der Waals surface area contributed by atoms with Crippen LogP contribution in [0.1, 0.15) is 25.5 Å². The lowest BCUT2D eigenvalue weighted by Crippen LogP contribution is -2.27. The van der Waals surface area contributed by atoms with Crippen molar-refractivity contribution < 1.29 is 11.2 Å². The second kappa shape index (κ2) is 7.03. The van der Waals surface area contributed by atoms with Crippen LogP contribution in [0.3, 0.4) is 0 Å². The smallest absolute Gasteiger partial charge is 0.266 e. The summed E-state index contributed by atoms with van der Waals surface area (Å²) in [7, 11) is 0. The van der Waals surface area contributed by atoms with Gasteiger partial charge in [-0.2, -0.15) is 0 Å². The molecule has 0 amide bonds. The summed E-state index contributed by atoms with van der Waals surface area (Å²) in [6, 6.07) is 8.66. The predicted molar refractivity (Wildman–Crippen MR) is 111 cm³/mol. The predicted octanol–water partition coefficient (Wildman–Crippen LogP) is 3.36. The highest BCUT2D eigenvalue weighted by molar-refractivity contribution is 5.82. The van der Waals surface area contributed by atoms with Crippen LogP contribution >= 0.6 is 0 Å². The Bertz CT molecular complexity index is 1640. The van der Waals surface area contributed by atoms with E-state index in [9.17, 15) is 9.18 Å². The number of aromatic nitrogens is 6. The van der Waals surface area contributed by atoms with Gasteiger partial charge >= 0.3 is 0 Å². The van der Waals surface area contributed by atoms with Crippen LogP contribution in [0.5, 0.6) is 0 Å². The molecule has 0 radical (unpaired) electrons. The molecule has 3 aromatic heterocycles. The van der Waals surface area contributed by atoms with E-state index in [4.69, 9.17) is 6.85 Å². The Hall–Kier alpha value is -4.14. The number of benzene rings is 2. The van der Waals surface area contributed by atoms with Gasteiger partial charge in [0.25, 0.3) is 5.56 Å². The standard InChI is InChI=1S/C21H16FN7O/c1-12(27-19-17-18(24-10-23-17)25-11-26-19)20-28-16-8-7-13(22)9-15(16)21(30)29(20)14-5-3-2-4-6-14/h2-12H,1H3,(H2,23,24,25,26,27)/t12-/m0/s1/i1D3,10D,12D. The summed E-state index contributed by atoms with van der Waals surface area (Å²) in [6.45, 7) is -3.09. The summed E-state index contributed by atoms with van der Waals surface area (Å²) in [5, 5.41) is 2.49. The van der Waals surface area contributed by atoms with Gasteiger partial charge in [0, 0.05) is 4.11 Å². The van der Waals surface area contributed by atoms with E-state index in [0.29, 0.717) is 0 Å². The first-order valence-electron chi connectivity index (χ1n) is 11.3. The monoisotopic (exact) mass is 406 g/mol. The first kappa shape index (κ1) is 13.2. The molecule has 0 fully saturated rings. The molecular formula is C21H16FN7O. The normalized spacial score (nSPS) is 16.2. The molecule has 1 atom stereocenters. The number of imidazole rings is 1. The molecule has 0 saturated heterocycles. The Morgan fingerprint density at radius 1 is 1.23 bits per heavy atom. The number of rotatable bonds is 4. The maximum Gasteiger partial charge on any atom is 0.266 e. The van der Waals surface area contributed by atoms with Gasteiger partial charge in [0.1, 0.15) is 24.9 Å². The van der Waals surface area contributed by atoms with E-state index in [1.165, 1.54) is 6.07 Å². The number of para-hydroxylation sites is 1. The molecule has 0 aliphatic carbocycles. The van der Waals surface area contributed by atoms with Crippen LogP contribution in [0, 0.1) is 5.82 Å². The van der Waals surface area contributed by atoms with Gasteiger partial charge < -0.3 is 10.3 Å². The SMILES string of the molecule is [2H]c1nc2c(N[C@]([2H])(c3nc4ccc(F)cc4c(=O)n3-c3ccccc3)C([2H])([2H])[2H])ncnc2[nH]1. The Labute approximate surface area is 176 Å². The van der Waals surface area contributed by atoms with E-state index in [-0.39, 0.29) is 39.9 Å². The van der Waals surface area contributed by atoms with E-state index in [2.05, 4.69) is 30.2 Å². The molecule has 0 spiro atoms. The summed E-state index contributed by atoms with van der Waals surface area (Å²) in [4.78, 5) is 32.4. The van der Waals surface area contributed by atoms with E-state index in [0.717, 1.165) is 23.0 Å². The summed E-state index contributed by atoms with van der Waals surface area (Å²) < 4.78 is 56.4. The average Bonchev–Trinajstić information content (AvgIpc) is 3.20. The largest absolute Gasteiger partial charge is 0.358 e. The van der Waals surface area contributed by atoms with Crippen molar-refractivity contribution in [2.45, 2.75) is 12.9 Å². The topological polar surface area (TPSA) is 101 Å². The van der Waals surface area contributed by atoms with Crippen molar-refractivity contribution in [1.82, 2.24) is 29.5 Å². The van der Waals surface area contributed by atoms with Gasteiger partial charge in [-0.3, -0.25) is 9.36 Å².